The molecule has 0 spiro atoms. The standard InChI is InChI=1S/C68H90N6O9P2/c1-40(2)25-55(66(80)82-16)69-61(75)56(38-84(51-30-42(5)26-43(6)31-51)52-32-44(7)27-45(8)33-52)70-63(77)59(41(3)4)72-62(76)58-23-20-24-74(58)65(79)57(71-64(78)60(50-21-18-17-19-22-50)73-67(81)83-68(13,14)15)39-85(53-34-46(9)28-47(10)35-53)54-36-48(11)29-49(12)37-54/h17-19,21-22,26-37,40-41,55-60H,20,23-25,38-39H2,1-16H3,(H,69,75)(H,70,77)(H,71,78)(H,72,76)(H,73,81)/t55-,56-,57-,58+,59-,60-/m1/s1. The van der Waals surface area contributed by atoms with Gasteiger partial charge in [-0.15, -0.1) is 0 Å². The summed E-state index contributed by atoms with van der Waals surface area (Å²) >= 11 is 0. The molecule has 1 aliphatic rings. The van der Waals surface area contributed by atoms with Gasteiger partial charge in [-0.3, -0.25) is 24.0 Å². The van der Waals surface area contributed by atoms with Crippen LogP contribution in [0.25, 0.3) is 0 Å². The van der Waals surface area contributed by atoms with Crippen molar-refractivity contribution in [2.75, 3.05) is 26.0 Å². The Bertz CT molecular complexity index is 3030. The second-order valence-electron chi connectivity index (χ2n) is 24.9. The number of methoxy groups -OCH3 is 1. The third-order valence-corrected chi connectivity index (χ3v) is 19.7. The number of esters is 1. The van der Waals surface area contributed by atoms with Crippen LogP contribution >= 0.6 is 15.8 Å². The van der Waals surface area contributed by atoms with Gasteiger partial charge in [0.25, 0.3) is 0 Å². The molecule has 0 saturated carbocycles. The molecule has 6 rings (SSSR count). The van der Waals surface area contributed by atoms with Crippen LogP contribution in [0.2, 0.25) is 0 Å². The van der Waals surface area contributed by atoms with Crippen molar-refractivity contribution < 1.29 is 43.0 Å². The molecule has 17 heteroatoms. The predicted molar refractivity (Wildman–Crippen MR) is 343 cm³/mol. The Balaban J connectivity index is 1.38. The summed E-state index contributed by atoms with van der Waals surface area (Å²) in [4.78, 5) is 104. The van der Waals surface area contributed by atoms with Crippen LogP contribution in [0.1, 0.15) is 124 Å². The molecule has 1 fully saturated rings. The van der Waals surface area contributed by atoms with E-state index in [1.54, 1.807) is 65.0 Å². The van der Waals surface area contributed by atoms with Gasteiger partial charge in [-0.05, 0) is 150 Å². The summed E-state index contributed by atoms with van der Waals surface area (Å²) in [6.45, 7) is 29.1. The minimum Gasteiger partial charge on any atom is -0.467 e. The second-order valence-corrected chi connectivity index (χ2v) is 29.4. The zero-order valence-electron chi connectivity index (χ0n) is 52.7. The summed E-state index contributed by atoms with van der Waals surface area (Å²) in [6.07, 6.45) is 0.510. The van der Waals surface area contributed by atoms with Crippen LogP contribution in [-0.4, -0.2) is 108 Å². The molecule has 5 aromatic carbocycles. The van der Waals surface area contributed by atoms with Gasteiger partial charge >= 0.3 is 12.1 Å². The summed E-state index contributed by atoms with van der Waals surface area (Å²) in [5.41, 5.74) is 7.93. The predicted octanol–water partition coefficient (Wildman–Crippen LogP) is 8.79. The Labute approximate surface area is 506 Å². The molecule has 0 aliphatic carbocycles. The Morgan fingerprint density at radius 3 is 1.39 bits per heavy atom. The van der Waals surface area contributed by atoms with Gasteiger partial charge in [0.15, 0.2) is 0 Å². The van der Waals surface area contributed by atoms with E-state index in [0.29, 0.717) is 18.4 Å². The van der Waals surface area contributed by atoms with Crippen molar-refractivity contribution in [3.05, 3.63) is 153 Å². The first-order chi connectivity index (χ1) is 40.0. The van der Waals surface area contributed by atoms with Crippen molar-refractivity contribution in [2.24, 2.45) is 11.8 Å². The normalized spacial score (nSPS) is 15.2. The minimum absolute atomic E-state index is 0.0128. The fraction of sp³-hybridized carbons (Fsp3) is 0.456. The van der Waals surface area contributed by atoms with Crippen LogP contribution in [0.3, 0.4) is 0 Å². The average Bonchev–Trinajstić information content (AvgIpc) is 3.98. The molecule has 1 heterocycles. The molecule has 1 aliphatic heterocycles. The first kappa shape index (κ1) is 67.2. The van der Waals surface area contributed by atoms with Gasteiger partial charge < -0.3 is 41.0 Å². The van der Waals surface area contributed by atoms with E-state index >= 15 is 19.2 Å². The smallest absolute Gasteiger partial charge is 0.408 e. The maximum atomic E-state index is 15.7. The number of alkyl carbamates (subject to hydrolysis) is 1. The molecule has 15 nitrogen and oxygen atoms in total. The number of benzene rings is 5. The Morgan fingerprint density at radius 2 is 0.976 bits per heavy atom. The Kier molecular flexibility index (Phi) is 23.6. The maximum Gasteiger partial charge on any atom is 0.408 e. The highest BCUT2D eigenvalue weighted by molar-refractivity contribution is 7.73. The third kappa shape index (κ3) is 19.3. The minimum atomic E-state index is -1.36. The highest BCUT2D eigenvalue weighted by Crippen LogP contribution is 2.38. The molecule has 0 radical (unpaired) electrons. The van der Waals surface area contributed by atoms with E-state index in [1.807, 2.05) is 69.2 Å². The highest BCUT2D eigenvalue weighted by atomic mass is 31.1. The average molecular weight is 1200 g/mol. The lowest BCUT2D eigenvalue weighted by molar-refractivity contribution is -0.145. The van der Waals surface area contributed by atoms with Crippen LogP contribution in [0.4, 0.5) is 4.79 Å². The van der Waals surface area contributed by atoms with E-state index < -0.39 is 105 Å². The number of nitrogens with one attached hydrogen (secondary N) is 5. The van der Waals surface area contributed by atoms with Crippen molar-refractivity contribution in [2.45, 2.75) is 165 Å². The van der Waals surface area contributed by atoms with E-state index in [4.69, 9.17) is 9.47 Å². The van der Waals surface area contributed by atoms with E-state index in [1.165, 1.54) is 12.0 Å². The lowest BCUT2D eigenvalue weighted by Crippen LogP contribution is -2.60. The summed E-state index contributed by atoms with van der Waals surface area (Å²) < 4.78 is 10.8. The molecule has 5 N–H and O–H groups in total. The molecular formula is C68H90N6O9P2. The van der Waals surface area contributed by atoms with Crippen LogP contribution in [0.15, 0.2) is 103 Å². The molecule has 0 unspecified atom stereocenters. The van der Waals surface area contributed by atoms with E-state index in [2.05, 4.69) is 99.4 Å². The molecule has 85 heavy (non-hydrogen) atoms. The van der Waals surface area contributed by atoms with Crippen molar-refractivity contribution in [3.8, 4) is 0 Å². The number of aryl methyl sites for hydroxylation is 8. The summed E-state index contributed by atoms with van der Waals surface area (Å²) in [7, 11) is -1.40. The van der Waals surface area contributed by atoms with Gasteiger partial charge in [-0.2, -0.15) is 0 Å². The van der Waals surface area contributed by atoms with E-state index in [-0.39, 0.29) is 31.2 Å². The number of carbonyl (C=O) groups excluding carboxylic acids is 7. The Morgan fingerprint density at radius 1 is 0.553 bits per heavy atom. The fourth-order valence-corrected chi connectivity index (χ4v) is 16.7. The number of likely N-dealkylation sites (tertiary alicyclic amines) is 1. The summed E-state index contributed by atoms with van der Waals surface area (Å²) in [5, 5.41) is 18.9. The third-order valence-electron chi connectivity index (χ3n) is 14.7. The van der Waals surface area contributed by atoms with Gasteiger partial charge in [-0.25, -0.2) is 9.59 Å². The number of ether oxygens (including phenoxy) is 2. The molecule has 5 aromatic rings. The molecular weight excluding hydrogens is 1110 g/mol. The largest absolute Gasteiger partial charge is 0.467 e. The number of nitrogens with zero attached hydrogens (tertiary/aromatic N) is 1. The van der Waals surface area contributed by atoms with Gasteiger partial charge in [0.1, 0.15) is 41.9 Å². The van der Waals surface area contributed by atoms with Crippen LogP contribution in [0, 0.1) is 67.2 Å². The monoisotopic (exact) mass is 1200 g/mol. The Hall–Kier alpha value is -6.95. The zero-order valence-corrected chi connectivity index (χ0v) is 54.5. The van der Waals surface area contributed by atoms with Crippen LogP contribution in [-0.2, 0) is 38.2 Å². The SMILES string of the molecule is COC(=O)[C@@H](CC(C)C)NC(=O)[C@@H](CP(c1cc(C)cc(C)c1)c1cc(C)cc(C)c1)NC(=O)[C@H](NC(=O)[C@@H]1CCCN1C(=O)[C@@H](CP(c1cc(C)cc(C)c1)c1cc(C)cc(C)c1)NC(=O)[C@H](NC(=O)OC(C)(C)C)c1ccccc1)C(C)C. The number of carbonyl (C=O) groups is 7. The van der Waals surface area contributed by atoms with E-state index in [9.17, 15) is 14.4 Å². The number of hydrogen-bond donors (Lipinski definition) is 5. The topological polar surface area (TPSA) is 201 Å². The maximum absolute atomic E-state index is 15.7. The number of rotatable bonds is 23. The summed E-state index contributed by atoms with van der Waals surface area (Å²) in [5.74, 6) is -3.99. The number of hydrogen-bond acceptors (Lipinski definition) is 9. The molecule has 456 valence electrons. The van der Waals surface area contributed by atoms with Gasteiger partial charge in [0.2, 0.25) is 29.5 Å². The molecule has 0 aromatic heterocycles. The molecule has 0 bridgehead atoms. The molecule has 6 amide bonds. The fourth-order valence-electron chi connectivity index (χ4n) is 11.2. The van der Waals surface area contributed by atoms with Crippen molar-refractivity contribution in [3.63, 3.8) is 0 Å². The van der Waals surface area contributed by atoms with Crippen LogP contribution < -0.4 is 47.8 Å². The van der Waals surface area contributed by atoms with Gasteiger partial charge in [-0.1, -0.05) is 175 Å². The lowest BCUT2D eigenvalue weighted by Gasteiger charge is -2.33. The molecule has 6 atom stereocenters. The lowest BCUT2D eigenvalue weighted by atomic mass is 10.0. The first-order valence-corrected chi connectivity index (χ1v) is 32.6. The number of amides is 6. The van der Waals surface area contributed by atoms with Gasteiger partial charge in [0.05, 0.1) is 7.11 Å². The van der Waals surface area contributed by atoms with Crippen LogP contribution in [0.5, 0.6) is 0 Å². The van der Waals surface area contributed by atoms with E-state index in [0.717, 1.165) is 65.7 Å². The van der Waals surface area contributed by atoms with Gasteiger partial charge in [0, 0.05) is 18.9 Å². The summed E-state index contributed by atoms with van der Waals surface area (Å²) in [6, 6.07) is 27.1. The highest BCUT2D eigenvalue weighted by Gasteiger charge is 2.42. The van der Waals surface area contributed by atoms with Crippen molar-refractivity contribution in [1.82, 2.24) is 31.5 Å². The first-order valence-electron chi connectivity index (χ1n) is 29.5. The quantitative estimate of drug-likeness (QED) is 0.0313. The molecule has 1 saturated heterocycles. The zero-order chi connectivity index (χ0) is 62.6. The van der Waals surface area contributed by atoms with Crippen molar-refractivity contribution in [1.29, 1.82) is 0 Å². The second kappa shape index (κ2) is 29.9. The van der Waals surface area contributed by atoms with Crippen molar-refractivity contribution >= 4 is 78.7 Å².